The van der Waals surface area contributed by atoms with Crippen LogP contribution in [0.1, 0.15) is 5.56 Å². The van der Waals surface area contributed by atoms with Crippen LogP contribution in [-0.4, -0.2) is 31.8 Å². The largest absolute Gasteiger partial charge is 0.439 e. The number of hydrogen-bond donors (Lipinski definition) is 1. The van der Waals surface area contributed by atoms with E-state index in [9.17, 15) is 15.2 Å². The minimum Gasteiger partial charge on any atom is -0.439 e. The van der Waals surface area contributed by atoms with E-state index in [0.29, 0.717) is 6.42 Å². The molecule has 7 nitrogen and oxygen atoms in total. The van der Waals surface area contributed by atoms with Gasteiger partial charge in [-0.25, -0.2) is 0 Å². The van der Waals surface area contributed by atoms with E-state index in [0.717, 1.165) is 5.56 Å². The number of nitrogens with zero attached hydrogens (tertiary/aromatic N) is 3. The minimum atomic E-state index is -0.725. The zero-order valence-electron chi connectivity index (χ0n) is 10.5. The third-order valence-electron chi connectivity index (χ3n) is 3.26. The summed E-state index contributed by atoms with van der Waals surface area (Å²) < 4.78 is 7.04. The van der Waals surface area contributed by atoms with E-state index < -0.39 is 17.1 Å². The van der Waals surface area contributed by atoms with Crippen LogP contribution in [0.25, 0.3) is 0 Å². The Morgan fingerprint density at radius 3 is 2.90 bits per heavy atom. The van der Waals surface area contributed by atoms with Crippen molar-refractivity contribution in [2.75, 3.05) is 0 Å². The number of benzene rings is 1. The van der Waals surface area contributed by atoms with Crippen molar-refractivity contribution in [3.05, 3.63) is 52.2 Å². The lowest BCUT2D eigenvalue weighted by Crippen LogP contribution is -2.41. The third kappa shape index (κ3) is 2.35. The molecular weight excluding hydrogens is 262 g/mol. The first kappa shape index (κ1) is 12.6. The van der Waals surface area contributed by atoms with Crippen LogP contribution in [0, 0.1) is 10.1 Å². The van der Waals surface area contributed by atoms with E-state index in [4.69, 9.17) is 4.74 Å². The molecule has 2 atom stereocenters. The van der Waals surface area contributed by atoms with E-state index in [2.05, 4.69) is 4.98 Å². The van der Waals surface area contributed by atoms with Crippen LogP contribution in [0.4, 0.5) is 5.82 Å². The molecule has 104 valence electrons. The van der Waals surface area contributed by atoms with Gasteiger partial charge in [0.1, 0.15) is 18.4 Å². The number of aliphatic hydroxyl groups excluding tert-OH is 1. The molecule has 2 aromatic rings. The van der Waals surface area contributed by atoms with Gasteiger partial charge in [-0.1, -0.05) is 30.3 Å². The Labute approximate surface area is 114 Å². The molecule has 0 bridgehead atoms. The maximum atomic E-state index is 10.7. The molecular formula is C13H13N3O4. The molecule has 0 spiro atoms. The molecule has 0 radical (unpaired) electrons. The van der Waals surface area contributed by atoms with Crippen molar-refractivity contribution >= 4 is 5.82 Å². The molecule has 2 heterocycles. The molecule has 1 N–H and O–H groups in total. The second-order valence-electron chi connectivity index (χ2n) is 4.70. The second-order valence-corrected chi connectivity index (χ2v) is 4.70. The number of fused-ring (bicyclic) bond motifs is 1. The molecule has 3 rings (SSSR count). The average Bonchev–Trinajstić information content (AvgIpc) is 2.83. The van der Waals surface area contributed by atoms with E-state index in [1.165, 1.54) is 10.8 Å². The molecule has 1 aliphatic heterocycles. The van der Waals surface area contributed by atoms with Gasteiger partial charge in [0.05, 0.1) is 6.54 Å². The van der Waals surface area contributed by atoms with Crippen molar-refractivity contribution in [1.82, 2.24) is 9.55 Å². The maximum Gasteiger partial charge on any atom is 0.414 e. The van der Waals surface area contributed by atoms with Crippen molar-refractivity contribution in [2.24, 2.45) is 0 Å². The highest BCUT2D eigenvalue weighted by molar-refractivity contribution is 5.23. The summed E-state index contributed by atoms with van der Waals surface area (Å²) >= 11 is 0. The van der Waals surface area contributed by atoms with Crippen molar-refractivity contribution in [1.29, 1.82) is 0 Å². The molecule has 0 amide bonds. The van der Waals surface area contributed by atoms with Crippen molar-refractivity contribution in [3.8, 4) is 6.01 Å². The van der Waals surface area contributed by atoms with Crippen molar-refractivity contribution in [3.63, 3.8) is 0 Å². The van der Waals surface area contributed by atoms with Crippen LogP contribution < -0.4 is 4.74 Å². The van der Waals surface area contributed by atoms with Crippen molar-refractivity contribution in [2.45, 2.75) is 25.2 Å². The van der Waals surface area contributed by atoms with Gasteiger partial charge in [0.25, 0.3) is 0 Å². The number of nitro groups is 1. The molecule has 0 fully saturated rings. The Hall–Kier alpha value is -2.41. The average molecular weight is 275 g/mol. The Kier molecular flexibility index (Phi) is 3.11. The van der Waals surface area contributed by atoms with Crippen LogP contribution in [0.3, 0.4) is 0 Å². The Bertz CT molecular complexity index is 626. The Balaban J connectivity index is 1.80. The number of ether oxygens (including phenoxy) is 1. The lowest BCUT2D eigenvalue weighted by Gasteiger charge is -2.27. The topological polar surface area (TPSA) is 90.4 Å². The normalized spacial score (nSPS) is 21.1. The van der Waals surface area contributed by atoms with E-state index >= 15 is 0 Å². The summed E-state index contributed by atoms with van der Waals surface area (Å²) in [6.45, 7) is 0.244. The monoisotopic (exact) mass is 275 g/mol. The molecule has 0 aliphatic carbocycles. The highest BCUT2D eigenvalue weighted by Gasteiger charge is 2.34. The predicted molar refractivity (Wildman–Crippen MR) is 69.5 cm³/mol. The summed E-state index contributed by atoms with van der Waals surface area (Å²) in [6, 6.07) is 9.81. The van der Waals surface area contributed by atoms with Crippen LogP contribution in [0.15, 0.2) is 36.5 Å². The van der Waals surface area contributed by atoms with Gasteiger partial charge in [0, 0.05) is 11.4 Å². The highest BCUT2D eigenvalue weighted by atomic mass is 16.6. The summed E-state index contributed by atoms with van der Waals surface area (Å²) in [7, 11) is 0. The first-order valence-electron chi connectivity index (χ1n) is 6.23. The number of hydrogen-bond acceptors (Lipinski definition) is 5. The fourth-order valence-corrected chi connectivity index (χ4v) is 2.26. The molecule has 1 aromatic carbocycles. The highest BCUT2D eigenvalue weighted by Crippen LogP contribution is 2.25. The lowest BCUT2D eigenvalue weighted by atomic mass is 10.0. The summed E-state index contributed by atoms with van der Waals surface area (Å²) in [5.41, 5.74) is 1.03. The van der Waals surface area contributed by atoms with Gasteiger partial charge in [0.2, 0.25) is 0 Å². The van der Waals surface area contributed by atoms with Gasteiger partial charge >= 0.3 is 11.8 Å². The fraction of sp³-hybridized carbons (Fsp3) is 0.308. The lowest BCUT2D eigenvalue weighted by molar-refractivity contribution is -0.389. The number of aromatic nitrogens is 2. The zero-order valence-corrected chi connectivity index (χ0v) is 10.5. The smallest absolute Gasteiger partial charge is 0.414 e. The summed E-state index contributed by atoms with van der Waals surface area (Å²) in [5.74, 6) is -0.271. The third-order valence-corrected chi connectivity index (χ3v) is 3.26. The first-order valence-corrected chi connectivity index (χ1v) is 6.23. The maximum absolute atomic E-state index is 10.7. The van der Waals surface area contributed by atoms with Gasteiger partial charge < -0.3 is 20.0 Å². The zero-order chi connectivity index (χ0) is 14.1. The van der Waals surface area contributed by atoms with Crippen LogP contribution in [-0.2, 0) is 13.0 Å². The molecule has 20 heavy (non-hydrogen) atoms. The van der Waals surface area contributed by atoms with E-state index in [1.807, 2.05) is 30.3 Å². The standard InChI is InChI=1S/C13H13N3O4/c17-10-7-15-8-12(16(18)19)14-13(15)20-11(10)6-9-4-2-1-3-5-9/h1-5,8,10-11,17H,6-7H2/t10-,11+/m1/s1. The van der Waals surface area contributed by atoms with Gasteiger partial charge in [-0.2, -0.15) is 0 Å². The molecule has 1 aromatic heterocycles. The summed E-state index contributed by atoms with van der Waals surface area (Å²) in [6.07, 6.45) is 0.628. The molecule has 0 saturated heterocycles. The molecule has 0 unspecified atom stereocenters. The van der Waals surface area contributed by atoms with E-state index in [-0.39, 0.29) is 18.4 Å². The quantitative estimate of drug-likeness (QED) is 0.670. The van der Waals surface area contributed by atoms with Gasteiger partial charge in [-0.3, -0.25) is 4.57 Å². The van der Waals surface area contributed by atoms with Crippen molar-refractivity contribution < 1.29 is 14.8 Å². The fourth-order valence-electron chi connectivity index (χ4n) is 2.26. The van der Waals surface area contributed by atoms with Crippen LogP contribution in [0.5, 0.6) is 6.01 Å². The van der Waals surface area contributed by atoms with Gasteiger partial charge in [-0.05, 0) is 10.5 Å². The molecule has 7 heteroatoms. The molecule has 1 aliphatic rings. The van der Waals surface area contributed by atoms with Gasteiger partial charge in [-0.15, -0.1) is 0 Å². The Morgan fingerprint density at radius 1 is 1.45 bits per heavy atom. The van der Waals surface area contributed by atoms with Gasteiger partial charge in [0.15, 0.2) is 0 Å². The Morgan fingerprint density at radius 2 is 2.20 bits per heavy atom. The molecule has 0 saturated carbocycles. The second kappa shape index (κ2) is 4.93. The van der Waals surface area contributed by atoms with E-state index in [1.54, 1.807) is 0 Å². The predicted octanol–water partition coefficient (Wildman–Crippen LogP) is 1.16. The van der Waals surface area contributed by atoms with Crippen LogP contribution in [0.2, 0.25) is 0 Å². The number of imidazole rings is 1. The summed E-state index contributed by atoms with van der Waals surface area (Å²) in [5, 5.41) is 20.8. The minimum absolute atomic E-state index is 0.183. The number of rotatable bonds is 3. The first-order chi connectivity index (χ1) is 9.63. The SMILES string of the molecule is O=[N+]([O-])c1cn2c(n1)O[C@@H](Cc1ccccc1)[C@H](O)C2. The number of aliphatic hydroxyl groups is 1. The summed E-state index contributed by atoms with van der Waals surface area (Å²) in [4.78, 5) is 13.9. The van der Waals surface area contributed by atoms with Crippen LogP contribution >= 0.6 is 0 Å².